The van der Waals surface area contributed by atoms with Gasteiger partial charge in [0.25, 0.3) is 0 Å². The van der Waals surface area contributed by atoms with Crippen molar-refractivity contribution >= 4 is 34.7 Å². The van der Waals surface area contributed by atoms with Crippen LogP contribution < -0.4 is 20.3 Å². The van der Waals surface area contributed by atoms with Crippen LogP contribution in [0.1, 0.15) is 60.8 Å². The number of pyridine rings is 1. The second kappa shape index (κ2) is 16.7. The molecule has 0 unspecified atom stereocenters. The molecular weight excluding hydrogens is 642 g/mol. The molecular formula is C37H49N5O8. The Balaban J connectivity index is 1.77. The predicted molar refractivity (Wildman–Crippen MR) is 190 cm³/mol. The van der Waals surface area contributed by atoms with Gasteiger partial charge in [-0.05, 0) is 45.2 Å². The minimum atomic E-state index is -1.09. The summed E-state index contributed by atoms with van der Waals surface area (Å²) in [4.78, 5) is 55.7. The number of aliphatic imine (C=N–C) groups is 1. The fourth-order valence-corrected chi connectivity index (χ4v) is 5.82. The topological polar surface area (TPSA) is 161 Å². The first-order chi connectivity index (χ1) is 23.7. The van der Waals surface area contributed by atoms with Crippen LogP contribution in [0.4, 0.5) is 4.79 Å². The molecule has 2 aromatic carbocycles. The number of carbonyl (C=O) groups excluding carboxylic acids is 2. The van der Waals surface area contributed by atoms with Crippen LogP contribution in [-0.4, -0.2) is 89.4 Å². The number of benzene rings is 2. The molecule has 3 aromatic rings. The van der Waals surface area contributed by atoms with Crippen molar-refractivity contribution in [2.75, 3.05) is 20.8 Å². The van der Waals surface area contributed by atoms with Crippen LogP contribution in [0.25, 0.3) is 22.2 Å². The minimum Gasteiger partial charge on any atom is -0.497 e. The van der Waals surface area contributed by atoms with E-state index in [0.717, 1.165) is 10.9 Å². The van der Waals surface area contributed by atoms with Crippen molar-refractivity contribution in [3.05, 3.63) is 54.6 Å². The third-order valence-electron chi connectivity index (χ3n) is 8.16. The van der Waals surface area contributed by atoms with Crippen molar-refractivity contribution in [3.63, 3.8) is 0 Å². The molecule has 1 aromatic heterocycles. The van der Waals surface area contributed by atoms with E-state index < -0.39 is 47.8 Å². The number of hydrogen-bond donors (Lipinski definition) is 3. The number of hydroxylamine groups is 1. The fraction of sp³-hybridized carbons (Fsp3) is 0.486. The van der Waals surface area contributed by atoms with Gasteiger partial charge in [0.15, 0.2) is 0 Å². The van der Waals surface area contributed by atoms with Crippen molar-refractivity contribution in [2.24, 2.45) is 10.9 Å². The Morgan fingerprint density at radius 1 is 1.08 bits per heavy atom. The standard InChI is InChI=1S/C37H49N5O8/c1-9-13-27(35(44)45)39-33(41-48-8)30-19-25(21-42(30)34(43)32(22(2)3)40-36(46)50-37(4,5)6)49-31-20-28(23-14-11-10-12-15-23)38-29-18-24(47-7)16-17-26(29)31/h10-12,14-18,20,22,25,27,30,32H,9,13,19,21H2,1-8H3,(H,39,41)(H,40,46)(H,44,45)/t25-,27+,30+,32+/m1/s1. The molecule has 50 heavy (non-hydrogen) atoms. The number of carboxylic acid groups (broad SMARTS) is 1. The second-order valence-electron chi connectivity index (χ2n) is 13.6. The van der Waals surface area contributed by atoms with Crippen molar-refractivity contribution in [1.82, 2.24) is 20.7 Å². The third kappa shape index (κ3) is 9.62. The summed E-state index contributed by atoms with van der Waals surface area (Å²) in [6, 6.07) is 14.3. The van der Waals surface area contributed by atoms with Gasteiger partial charge >= 0.3 is 12.1 Å². The number of likely N-dealkylation sites (tertiary alicyclic amines) is 1. The Morgan fingerprint density at radius 3 is 2.40 bits per heavy atom. The maximum Gasteiger partial charge on any atom is 0.408 e. The zero-order chi connectivity index (χ0) is 36.6. The lowest BCUT2D eigenvalue weighted by Gasteiger charge is -2.32. The number of carboxylic acids is 1. The van der Waals surface area contributed by atoms with Gasteiger partial charge in [0.05, 0.1) is 38.0 Å². The molecule has 0 spiro atoms. The lowest BCUT2D eigenvalue weighted by Crippen LogP contribution is -2.56. The molecule has 1 aliphatic rings. The van der Waals surface area contributed by atoms with Gasteiger partial charge in [-0.2, -0.15) is 0 Å². The number of amides is 2. The van der Waals surface area contributed by atoms with Gasteiger partial charge in [0.1, 0.15) is 41.1 Å². The number of amidine groups is 1. The molecule has 1 aliphatic heterocycles. The summed E-state index contributed by atoms with van der Waals surface area (Å²) in [6.07, 6.45) is -0.171. The summed E-state index contributed by atoms with van der Waals surface area (Å²) < 4.78 is 17.7. The molecule has 270 valence electrons. The molecule has 4 atom stereocenters. The Labute approximate surface area is 293 Å². The zero-order valence-electron chi connectivity index (χ0n) is 30.1. The van der Waals surface area contributed by atoms with Crippen LogP contribution in [0.2, 0.25) is 0 Å². The van der Waals surface area contributed by atoms with Gasteiger partial charge in [0.2, 0.25) is 5.91 Å². The van der Waals surface area contributed by atoms with Gasteiger partial charge in [-0.25, -0.2) is 14.6 Å². The van der Waals surface area contributed by atoms with Crippen LogP contribution >= 0.6 is 0 Å². The smallest absolute Gasteiger partial charge is 0.408 e. The van der Waals surface area contributed by atoms with E-state index >= 15 is 0 Å². The summed E-state index contributed by atoms with van der Waals surface area (Å²) in [5.74, 6) is -0.446. The van der Waals surface area contributed by atoms with Crippen LogP contribution in [0, 0.1) is 5.92 Å². The Hall–Kier alpha value is -4.91. The van der Waals surface area contributed by atoms with Crippen molar-refractivity contribution < 1.29 is 38.5 Å². The van der Waals surface area contributed by atoms with E-state index in [-0.39, 0.29) is 31.1 Å². The fourth-order valence-electron chi connectivity index (χ4n) is 5.82. The first-order valence-electron chi connectivity index (χ1n) is 16.8. The molecule has 0 aliphatic carbocycles. The highest BCUT2D eigenvalue weighted by molar-refractivity contribution is 5.95. The second-order valence-corrected chi connectivity index (χ2v) is 13.6. The molecule has 0 saturated carbocycles. The molecule has 13 nitrogen and oxygen atoms in total. The first-order valence-corrected chi connectivity index (χ1v) is 16.8. The van der Waals surface area contributed by atoms with Crippen LogP contribution in [0.5, 0.6) is 11.5 Å². The van der Waals surface area contributed by atoms with E-state index in [0.29, 0.717) is 29.1 Å². The van der Waals surface area contributed by atoms with Crippen molar-refractivity contribution in [2.45, 2.75) is 90.6 Å². The number of methoxy groups -OCH3 is 1. The monoisotopic (exact) mass is 691 g/mol. The largest absolute Gasteiger partial charge is 0.497 e. The minimum absolute atomic E-state index is 0.110. The summed E-state index contributed by atoms with van der Waals surface area (Å²) in [7, 11) is 2.98. The number of nitrogens with one attached hydrogen (secondary N) is 2. The molecule has 2 heterocycles. The van der Waals surface area contributed by atoms with Crippen LogP contribution in [-0.2, 0) is 19.2 Å². The average molecular weight is 692 g/mol. The van der Waals surface area contributed by atoms with Gasteiger partial charge in [-0.15, -0.1) is 0 Å². The van der Waals surface area contributed by atoms with E-state index in [1.54, 1.807) is 32.8 Å². The number of hydrogen-bond acceptors (Lipinski definition) is 9. The lowest BCUT2D eigenvalue weighted by molar-refractivity contribution is -0.138. The Morgan fingerprint density at radius 2 is 1.80 bits per heavy atom. The van der Waals surface area contributed by atoms with Gasteiger partial charge in [-0.1, -0.05) is 57.5 Å². The summed E-state index contributed by atoms with van der Waals surface area (Å²) >= 11 is 0. The average Bonchev–Trinajstić information content (AvgIpc) is 3.49. The molecule has 4 rings (SSSR count). The van der Waals surface area contributed by atoms with Crippen molar-refractivity contribution in [3.8, 4) is 22.8 Å². The Kier molecular flexibility index (Phi) is 12.6. The van der Waals surface area contributed by atoms with Crippen molar-refractivity contribution in [1.29, 1.82) is 0 Å². The molecule has 1 fully saturated rings. The van der Waals surface area contributed by atoms with Gasteiger partial charge in [0, 0.05) is 29.5 Å². The maximum atomic E-state index is 14.4. The highest BCUT2D eigenvalue weighted by Crippen LogP contribution is 2.35. The summed E-state index contributed by atoms with van der Waals surface area (Å²) in [5, 5.41) is 13.4. The number of nitrogens with zero attached hydrogens (tertiary/aromatic N) is 3. The summed E-state index contributed by atoms with van der Waals surface area (Å²) in [5.41, 5.74) is 4.23. The quantitative estimate of drug-likeness (QED) is 0.117. The molecule has 0 radical (unpaired) electrons. The number of aromatic nitrogens is 1. The molecule has 0 bridgehead atoms. The molecule has 3 N–H and O–H groups in total. The predicted octanol–water partition coefficient (Wildman–Crippen LogP) is 5.61. The number of rotatable bonds is 13. The van der Waals surface area contributed by atoms with E-state index in [9.17, 15) is 19.5 Å². The number of carbonyl (C=O) groups is 3. The summed E-state index contributed by atoms with van der Waals surface area (Å²) in [6.45, 7) is 10.9. The van der Waals surface area contributed by atoms with Gasteiger partial charge in [-0.3, -0.25) is 20.1 Å². The van der Waals surface area contributed by atoms with E-state index in [2.05, 4.69) is 15.8 Å². The van der Waals surface area contributed by atoms with E-state index in [1.165, 1.54) is 7.11 Å². The number of fused-ring (bicyclic) bond motifs is 1. The highest BCUT2D eigenvalue weighted by Gasteiger charge is 2.44. The SMILES string of the molecule is CCC[C@H](N=C(NOC)[C@@H]1C[C@@H](Oc2cc(-c3ccccc3)nc3cc(OC)ccc23)CN1C(=O)[C@@H](NC(=O)OC(C)(C)C)C(C)C)C(=O)O. The Bertz CT molecular complexity index is 1670. The van der Waals surface area contributed by atoms with Crippen LogP contribution in [0.3, 0.4) is 0 Å². The molecule has 1 saturated heterocycles. The van der Waals surface area contributed by atoms with E-state index in [4.69, 9.17) is 24.0 Å². The maximum absolute atomic E-state index is 14.4. The molecule has 13 heteroatoms. The highest BCUT2D eigenvalue weighted by atomic mass is 16.6. The first kappa shape index (κ1) is 37.9. The lowest BCUT2D eigenvalue weighted by atomic mass is 10.0. The number of aliphatic carboxylic acids is 1. The van der Waals surface area contributed by atoms with E-state index in [1.807, 2.05) is 75.4 Å². The molecule has 2 amide bonds. The zero-order valence-corrected chi connectivity index (χ0v) is 30.1. The van der Waals surface area contributed by atoms with Crippen LogP contribution in [0.15, 0.2) is 59.6 Å². The third-order valence-corrected chi connectivity index (χ3v) is 8.16. The number of alkyl carbamates (subject to hydrolysis) is 1. The van der Waals surface area contributed by atoms with Gasteiger partial charge < -0.3 is 29.5 Å². The normalized spacial score (nSPS) is 17.7. The number of ether oxygens (including phenoxy) is 3.